The summed E-state index contributed by atoms with van der Waals surface area (Å²) in [5.41, 5.74) is -1.48. The minimum atomic E-state index is -5.01. The van der Waals surface area contributed by atoms with E-state index in [0.29, 0.717) is 22.9 Å². The van der Waals surface area contributed by atoms with Crippen LogP contribution in [0.2, 0.25) is 0 Å². The van der Waals surface area contributed by atoms with Crippen LogP contribution in [0.25, 0.3) is 21.1 Å². The van der Waals surface area contributed by atoms with Gasteiger partial charge in [0.15, 0.2) is 0 Å². The molecule has 4 aromatic rings. The average Bonchev–Trinajstić information content (AvgIpc) is 3.24. The van der Waals surface area contributed by atoms with Gasteiger partial charge in [-0.25, -0.2) is 4.98 Å². The van der Waals surface area contributed by atoms with Crippen LogP contribution in [0.15, 0.2) is 59.9 Å². The molecule has 0 atom stereocenters. The summed E-state index contributed by atoms with van der Waals surface area (Å²) in [6.45, 7) is 1.83. The third-order valence-electron chi connectivity index (χ3n) is 4.80. The molecule has 1 amide bonds. The zero-order valence-electron chi connectivity index (χ0n) is 18.7. The predicted octanol–water partition coefficient (Wildman–Crippen LogP) is 6.74. The topological polar surface area (TPSA) is 80.7 Å². The van der Waals surface area contributed by atoms with Gasteiger partial charge < -0.3 is 5.32 Å². The van der Waals surface area contributed by atoms with Gasteiger partial charge in [0.25, 0.3) is 0 Å². The number of carbonyl (C=O) groups excluding carboxylic acids is 1. The summed E-state index contributed by atoms with van der Waals surface area (Å²) in [5, 5.41) is 11.4. The first-order chi connectivity index (χ1) is 17.4. The molecule has 37 heavy (non-hydrogen) atoms. The van der Waals surface area contributed by atoms with Crippen LogP contribution in [0.5, 0.6) is 0 Å². The number of aromatic nitrogens is 4. The van der Waals surface area contributed by atoms with Crippen molar-refractivity contribution in [2.75, 3.05) is 11.1 Å². The summed E-state index contributed by atoms with van der Waals surface area (Å²) in [6, 6.07) is 7.86. The molecule has 0 aliphatic carbocycles. The standard InChI is InChI=1S/C23H15F6N5OS2/c1-12-20(37-21(31-12)13-3-2-6-30-10-13)17-4-5-19(34-33-17)36-11-18(35)32-16-8-14(22(24,25)26)7-15(9-16)23(27,28)29/h2-10H,11H2,1H3,(H,32,35). The van der Waals surface area contributed by atoms with Crippen LogP contribution in [0.3, 0.4) is 0 Å². The predicted molar refractivity (Wildman–Crippen MR) is 127 cm³/mol. The summed E-state index contributed by atoms with van der Waals surface area (Å²) in [6.07, 6.45) is -6.67. The number of aryl methyl sites for hydroxylation is 1. The largest absolute Gasteiger partial charge is 0.416 e. The van der Waals surface area contributed by atoms with Gasteiger partial charge in [-0.1, -0.05) is 11.8 Å². The van der Waals surface area contributed by atoms with E-state index in [2.05, 4.69) is 25.5 Å². The molecule has 1 N–H and O–H groups in total. The monoisotopic (exact) mass is 555 g/mol. The lowest BCUT2D eigenvalue weighted by molar-refractivity contribution is -0.143. The van der Waals surface area contributed by atoms with E-state index >= 15 is 0 Å². The Morgan fingerprint density at radius 1 is 1.00 bits per heavy atom. The van der Waals surface area contributed by atoms with Crippen LogP contribution in [0, 0.1) is 6.92 Å². The zero-order valence-corrected chi connectivity index (χ0v) is 20.3. The Balaban J connectivity index is 1.42. The molecular weight excluding hydrogens is 540 g/mol. The molecular formula is C23H15F6N5OS2. The molecule has 3 aromatic heterocycles. The summed E-state index contributed by atoms with van der Waals surface area (Å²) in [5.74, 6) is -1.11. The number of benzene rings is 1. The van der Waals surface area contributed by atoms with Crippen molar-refractivity contribution in [3.8, 4) is 21.1 Å². The molecule has 1 aromatic carbocycles. The number of hydrogen-bond donors (Lipinski definition) is 1. The molecule has 0 aliphatic rings. The molecule has 14 heteroatoms. The molecule has 0 saturated heterocycles. The van der Waals surface area contributed by atoms with Crippen LogP contribution >= 0.6 is 23.1 Å². The first-order valence-corrected chi connectivity index (χ1v) is 12.1. The van der Waals surface area contributed by atoms with Gasteiger partial charge >= 0.3 is 12.4 Å². The lowest BCUT2D eigenvalue weighted by Gasteiger charge is -2.14. The number of halogens is 6. The van der Waals surface area contributed by atoms with Gasteiger partial charge in [-0.2, -0.15) is 26.3 Å². The molecule has 0 spiro atoms. The van der Waals surface area contributed by atoms with Gasteiger partial charge in [-0.15, -0.1) is 21.5 Å². The van der Waals surface area contributed by atoms with E-state index in [0.717, 1.165) is 32.9 Å². The van der Waals surface area contributed by atoms with Crippen molar-refractivity contribution in [1.82, 2.24) is 20.2 Å². The van der Waals surface area contributed by atoms with Gasteiger partial charge in [-0.05, 0) is 49.4 Å². The van der Waals surface area contributed by atoms with E-state index < -0.39 is 35.1 Å². The number of anilines is 1. The molecule has 4 rings (SSSR count). The molecule has 3 heterocycles. The third kappa shape index (κ3) is 6.63. The fraction of sp³-hybridized carbons (Fsp3) is 0.174. The molecule has 6 nitrogen and oxygen atoms in total. The van der Waals surface area contributed by atoms with Crippen molar-refractivity contribution in [2.24, 2.45) is 0 Å². The third-order valence-corrected chi connectivity index (χ3v) is 6.95. The Bertz CT molecular complexity index is 1370. The van der Waals surface area contributed by atoms with Crippen LogP contribution < -0.4 is 5.32 Å². The maximum Gasteiger partial charge on any atom is 0.416 e. The summed E-state index contributed by atoms with van der Waals surface area (Å²) < 4.78 is 78.0. The molecule has 0 unspecified atom stereocenters. The molecule has 0 aliphatic heterocycles. The smallest absolute Gasteiger partial charge is 0.325 e. The Labute approximate surface area is 214 Å². The zero-order chi connectivity index (χ0) is 26.8. The minimum absolute atomic E-state index is 0.00786. The van der Waals surface area contributed by atoms with E-state index in [4.69, 9.17) is 0 Å². The lowest BCUT2D eigenvalue weighted by atomic mass is 10.1. The lowest BCUT2D eigenvalue weighted by Crippen LogP contribution is -2.17. The van der Waals surface area contributed by atoms with Gasteiger partial charge in [0.2, 0.25) is 5.91 Å². The number of hydrogen-bond acceptors (Lipinski definition) is 7. The van der Waals surface area contributed by atoms with E-state index in [1.54, 1.807) is 30.6 Å². The highest BCUT2D eigenvalue weighted by Crippen LogP contribution is 2.38. The van der Waals surface area contributed by atoms with Crippen LogP contribution in [0.4, 0.5) is 32.0 Å². The van der Waals surface area contributed by atoms with Crippen molar-refractivity contribution in [1.29, 1.82) is 0 Å². The SMILES string of the molecule is Cc1nc(-c2cccnc2)sc1-c1ccc(SCC(=O)Nc2cc(C(F)(F)F)cc(C(F)(F)F)c2)nn1. The maximum absolute atomic E-state index is 13.0. The number of nitrogens with one attached hydrogen (secondary N) is 1. The van der Waals surface area contributed by atoms with Gasteiger partial charge in [-0.3, -0.25) is 9.78 Å². The maximum atomic E-state index is 13.0. The molecule has 0 fully saturated rings. The fourth-order valence-corrected chi connectivity index (χ4v) is 4.76. The summed E-state index contributed by atoms with van der Waals surface area (Å²) in [7, 11) is 0. The van der Waals surface area contributed by atoms with Gasteiger partial charge in [0.05, 0.1) is 27.5 Å². The number of amides is 1. The average molecular weight is 556 g/mol. The minimum Gasteiger partial charge on any atom is -0.325 e. The highest BCUT2D eigenvalue weighted by molar-refractivity contribution is 7.99. The Morgan fingerprint density at radius 3 is 2.27 bits per heavy atom. The first kappa shape index (κ1) is 26.5. The molecule has 192 valence electrons. The summed E-state index contributed by atoms with van der Waals surface area (Å²) >= 11 is 2.34. The number of thiazole rings is 1. The van der Waals surface area contributed by atoms with Crippen molar-refractivity contribution in [3.05, 3.63) is 71.7 Å². The van der Waals surface area contributed by atoms with Gasteiger partial charge in [0.1, 0.15) is 15.7 Å². The summed E-state index contributed by atoms with van der Waals surface area (Å²) in [4.78, 5) is 21.6. The number of thioether (sulfide) groups is 1. The Hall–Kier alpha value is -3.52. The van der Waals surface area contributed by atoms with Crippen LogP contribution in [-0.2, 0) is 17.1 Å². The molecule has 0 radical (unpaired) electrons. The van der Waals surface area contributed by atoms with Crippen molar-refractivity contribution in [2.45, 2.75) is 24.3 Å². The number of alkyl halides is 6. The second kappa shape index (κ2) is 10.5. The van der Waals surface area contributed by atoms with Crippen molar-refractivity contribution in [3.63, 3.8) is 0 Å². The highest BCUT2D eigenvalue weighted by atomic mass is 32.2. The molecule has 0 saturated carbocycles. The Kier molecular flexibility index (Phi) is 7.50. The molecule has 0 bridgehead atoms. The van der Waals surface area contributed by atoms with E-state index in [-0.39, 0.29) is 11.8 Å². The number of pyridine rings is 1. The number of carbonyl (C=O) groups is 1. The normalized spacial score (nSPS) is 12.0. The van der Waals surface area contributed by atoms with Crippen molar-refractivity contribution < 1.29 is 31.1 Å². The quantitative estimate of drug-likeness (QED) is 0.210. The second-order valence-corrected chi connectivity index (χ2v) is 9.56. The highest BCUT2D eigenvalue weighted by Gasteiger charge is 2.37. The number of rotatable bonds is 6. The fourth-order valence-electron chi connectivity index (χ4n) is 3.13. The first-order valence-electron chi connectivity index (χ1n) is 10.3. The van der Waals surface area contributed by atoms with Crippen molar-refractivity contribution >= 4 is 34.7 Å². The van der Waals surface area contributed by atoms with Gasteiger partial charge in [0, 0.05) is 23.6 Å². The number of nitrogens with zero attached hydrogens (tertiary/aromatic N) is 4. The van der Waals surface area contributed by atoms with E-state index in [1.165, 1.54) is 11.3 Å². The van der Waals surface area contributed by atoms with Crippen LogP contribution in [-0.4, -0.2) is 31.8 Å². The van der Waals surface area contributed by atoms with E-state index in [1.807, 2.05) is 13.0 Å². The second-order valence-electron chi connectivity index (χ2n) is 7.56. The van der Waals surface area contributed by atoms with E-state index in [9.17, 15) is 31.1 Å². The van der Waals surface area contributed by atoms with Crippen LogP contribution in [0.1, 0.15) is 16.8 Å². The Morgan fingerprint density at radius 2 is 1.70 bits per heavy atom.